The van der Waals surface area contributed by atoms with Crippen LogP contribution < -0.4 is 0 Å². The number of rotatable bonds is 4. The van der Waals surface area contributed by atoms with Crippen molar-refractivity contribution in [2.75, 3.05) is 59.0 Å². The number of carbonyl (C=O) groups excluding carboxylic acids is 2. The quantitative estimate of drug-likeness (QED) is 0.668. The summed E-state index contributed by atoms with van der Waals surface area (Å²) in [5, 5.41) is 0. The van der Waals surface area contributed by atoms with Crippen LogP contribution in [-0.2, 0) is 9.53 Å². The van der Waals surface area contributed by atoms with Gasteiger partial charge in [-0.15, -0.1) is 0 Å². The number of benzene rings is 1. The van der Waals surface area contributed by atoms with E-state index in [1.54, 1.807) is 0 Å². The molecule has 0 bridgehead atoms. The van der Waals surface area contributed by atoms with Crippen molar-refractivity contribution in [2.45, 2.75) is 25.7 Å². The molecule has 3 aliphatic rings. The lowest BCUT2D eigenvalue weighted by Gasteiger charge is -2.39. The minimum Gasteiger partial charge on any atom is -0.379 e. The van der Waals surface area contributed by atoms with Gasteiger partial charge in [-0.05, 0) is 55.9 Å². The number of hydrogen-bond acceptors (Lipinski definition) is 4. The Bertz CT molecular complexity index is 720. The molecule has 30 heavy (non-hydrogen) atoms. The molecular weight excluding hydrogens is 446 g/mol. The van der Waals surface area contributed by atoms with Crippen molar-refractivity contribution in [1.29, 1.82) is 0 Å². The van der Waals surface area contributed by atoms with Gasteiger partial charge in [0.15, 0.2) is 0 Å². The molecule has 0 unspecified atom stereocenters. The second-order valence-electron chi connectivity index (χ2n) is 8.76. The molecule has 0 N–H and O–H groups in total. The smallest absolute Gasteiger partial charge is 0.253 e. The maximum atomic E-state index is 13.0. The van der Waals surface area contributed by atoms with Crippen molar-refractivity contribution < 1.29 is 14.3 Å². The highest BCUT2D eigenvalue weighted by molar-refractivity contribution is 9.10. The number of carbonyl (C=O) groups is 2. The number of nitrogens with zero attached hydrogens (tertiary/aromatic N) is 3. The van der Waals surface area contributed by atoms with Gasteiger partial charge < -0.3 is 14.5 Å². The van der Waals surface area contributed by atoms with E-state index < -0.39 is 0 Å². The van der Waals surface area contributed by atoms with E-state index >= 15 is 0 Å². The second-order valence-corrected chi connectivity index (χ2v) is 9.67. The molecule has 4 rings (SSSR count). The summed E-state index contributed by atoms with van der Waals surface area (Å²) in [6.45, 7) is 8.01. The Labute approximate surface area is 187 Å². The topological polar surface area (TPSA) is 53.1 Å². The lowest BCUT2D eigenvalue weighted by Crippen LogP contribution is -2.48. The first-order chi connectivity index (χ1) is 14.6. The van der Waals surface area contributed by atoms with Gasteiger partial charge in [-0.25, -0.2) is 0 Å². The molecule has 0 atom stereocenters. The van der Waals surface area contributed by atoms with Gasteiger partial charge in [0.2, 0.25) is 5.91 Å². The van der Waals surface area contributed by atoms with Gasteiger partial charge in [0.05, 0.1) is 13.2 Å². The molecule has 1 aromatic rings. The average Bonchev–Trinajstić information content (AvgIpc) is 2.80. The van der Waals surface area contributed by atoms with Gasteiger partial charge in [-0.3, -0.25) is 14.5 Å². The van der Waals surface area contributed by atoms with Crippen LogP contribution in [0.3, 0.4) is 0 Å². The fourth-order valence-electron chi connectivity index (χ4n) is 4.85. The minimum absolute atomic E-state index is 0.0646. The number of piperidine rings is 2. The Kier molecular flexibility index (Phi) is 7.44. The largest absolute Gasteiger partial charge is 0.379 e. The average molecular weight is 478 g/mol. The van der Waals surface area contributed by atoms with Crippen LogP contribution in [0.2, 0.25) is 0 Å². The lowest BCUT2D eigenvalue weighted by molar-refractivity contribution is -0.138. The number of likely N-dealkylation sites (tertiary alicyclic amines) is 2. The Hall–Kier alpha value is -1.44. The van der Waals surface area contributed by atoms with Crippen LogP contribution in [0, 0.1) is 11.8 Å². The Balaban J connectivity index is 1.21. The zero-order chi connectivity index (χ0) is 20.9. The van der Waals surface area contributed by atoms with Gasteiger partial charge in [0.1, 0.15) is 0 Å². The highest BCUT2D eigenvalue weighted by Crippen LogP contribution is 2.25. The van der Waals surface area contributed by atoms with Gasteiger partial charge in [0, 0.05) is 61.8 Å². The van der Waals surface area contributed by atoms with Crippen molar-refractivity contribution in [1.82, 2.24) is 14.7 Å². The number of halogens is 1. The fourth-order valence-corrected chi connectivity index (χ4v) is 5.11. The van der Waals surface area contributed by atoms with Gasteiger partial charge in [-0.2, -0.15) is 0 Å². The number of amides is 2. The number of morpholine rings is 1. The normalized spacial score (nSPS) is 22.3. The standard InChI is InChI=1S/C23H32BrN3O3/c24-21-3-1-19(2-4-21)22(28)27-11-7-20(8-12-27)23(29)26-9-5-18(6-10-26)17-25-13-15-30-16-14-25/h1-4,18,20H,5-17H2. The van der Waals surface area contributed by atoms with Crippen LogP contribution in [0.15, 0.2) is 28.7 Å². The van der Waals surface area contributed by atoms with Crippen LogP contribution in [0.5, 0.6) is 0 Å². The molecule has 164 valence electrons. The van der Waals surface area contributed by atoms with Gasteiger partial charge >= 0.3 is 0 Å². The molecule has 2 amide bonds. The molecule has 0 aromatic heterocycles. The maximum Gasteiger partial charge on any atom is 0.253 e. The molecule has 0 aliphatic carbocycles. The Morgan fingerprint density at radius 3 is 2.10 bits per heavy atom. The molecule has 0 saturated carbocycles. The fraction of sp³-hybridized carbons (Fsp3) is 0.652. The minimum atomic E-state index is 0.0646. The van der Waals surface area contributed by atoms with E-state index in [0.29, 0.717) is 30.5 Å². The molecule has 3 aliphatic heterocycles. The summed E-state index contributed by atoms with van der Waals surface area (Å²) in [6, 6.07) is 7.49. The van der Waals surface area contributed by atoms with E-state index in [9.17, 15) is 9.59 Å². The molecule has 7 heteroatoms. The summed E-state index contributed by atoms with van der Waals surface area (Å²) in [5.74, 6) is 1.13. The van der Waals surface area contributed by atoms with E-state index in [-0.39, 0.29) is 11.8 Å². The highest BCUT2D eigenvalue weighted by atomic mass is 79.9. The lowest BCUT2D eigenvalue weighted by atomic mass is 9.91. The predicted molar refractivity (Wildman–Crippen MR) is 119 cm³/mol. The summed E-state index contributed by atoms with van der Waals surface area (Å²) in [4.78, 5) is 32.2. The van der Waals surface area contributed by atoms with Crippen molar-refractivity contribution in [3.05, 3.63) is 34.3 Å². The summed E-state index contributed by atoms with van der Waals surface area (Å²) in [6.07, 6.45) is 3.75. The van der Waals surface area contributed by atoms with E-state index in [4.69, 9.17) is 4.74 Å². The van der Waals surface area contributed by atoms with Crippen LogP contribution in [-0.4, -0.2) is 85.5 Å². The molecule has 0 spiro atoms. The van der Waals surface area contributed by atoms with Crippen molar-refractivity contribution in [3.63, 3.8) is 0 Å². The van der Waals surface area contributed by atoms with E-state index in [1.807, 2.05) is 29.2 Å². The van der Waals surface area contributed by atoms with Crippen LogP contribution in [0.4, 0.5) is 0 Å². The van der Waals surface area contributed by atoms with E-state index in [2.05, 4.69) is 25.7 Å². The molecule has 0 radical (unpaired) electrons. The summed E-state index contributed by atoms with van der Waals surface area (Å²) in [5.41, 5.74) is 0.713. The van der Waals surface area contributed by atoms with E-state index in [1.165, 1.54) is 0 Å². The van der Waals surface area contributed by atoms with Crippen LogP contribution in [0.25, 0.3) is 0 Å². The zero-order valence-electron chi connectivity index (χ0n) is 17.6. The molecule has 6 nitrogen and oxygen atoms in total. The third-order valence-corrected chi connectivity index (χ3v) is 7.30. The Morgan fingerprint density at radius 1 is 0.867 bits per heavy atom. The first kappa shape index (κ1) is 21.8. The van der Waals surface area contributed by atoms with Crippen LogP contribution >= 0.6 is 15.9 Å². The molecule has 3 fully saturated rings. The van der Waals surface area contributed by atoms with Crippen LogP contribution in [0.1, 0.15) is 36.0 Å². The van der Waals surface area contributed by atoms with Gasteiger partial charge in [-0.1, -0.05) is 15.9 Å². The van der Waals surface area contributed by atoms with Crippen molar-refractivity contribution in [3.8, 4) is 0 Å². The molecule has 1 aromatic carbocycles. The third-order valence-electron chi connectivity index (χ3n) is 6.77. The third kappa shape index (κ3) is 5.42. The van der Waals surface area contributed by atoms with Gasteiger partial charge in [0.25, 0.3) is 5.91 Å². The SMILES string of the molecule is O=C(c1ccc(Br)cc1)N1CCC(C(=O)N2CCC(CN3CCOCC3)CC2)CC1. The number of ether oxygens (including phenoxy) is 1. The maximum absolute atomic E-state index is 13.0. The summed E-state index contributed by atoms with van der Waals surface area (Å²) >= 11 is 3.41. The van der Waals surface area contributed by atoms with Crippen molar-refractivity contribution in [2.24, 2.45) is 11.8 Å². The first-order valence-electron chi connectivity index (χ1n) is 11.2. The highest BCUT2D eigenvalue weighted by Gasteiger charge is 2.32. The summed E-state index contributed by atoms with van der Waals surface area (Å²) < 4.78 is 6.41. The first-order valence-corrected chi connectivity index (χ1v) is 12.0. The predicted octanol–water partition coefficient (Wildman–Crippen LogP) is 2.87. The molecular formula is C23H32BrN3O3. The monoisotopic (exact) mass is 477 g/mol. The van der Waals surface area contributed by atoms with E-state index in [0.717, 1.165) is 76.1 Å². The zero-order valence-corrected chi connectivity index (χ0v) is 19.2. The molecule has 3 heterocycles. The molecule has 3 saturated heterocycles. The summed E-state index contributed by atoms with van der Waals surface area (Å²) in [7, 11) is 0. The van der Waals surface area contributed by atoms with Crippen molar-refractivity contribution >= 4 is 27.7 Å². The Morgan fingerprint density at radius 2 is 1.47 bits per heavy atom. The number of hydrogen-bond donors (Lipinski definition) is 0. The second kappa shape index (κ2) is 10.2.